The van der Waals surface area contributed by atoms with Gasteiger partial charge in [0.25, 0.3) is 0 Å². The van der Waals surface area contributed by atoms with Gasteiger partial charge in [-0.1, -0.05) is 31.4 Å². The first-order valence-corrected chi connectivity index (χ1v) is 13.7. The highest BCUT2D eigenvalue weighted by molar-refractivity contribution is 6.27. The van der Waals surface area contributed by atoms with Crippen molar-refractivity contribution in [3.63, 3.8) is 0 Å². The Morgan fingerprint density at radius 3 is 2.50 bits per heavy atom. The normalized spacial score (nSPS) is 17.0. The fourth-order valence-corrected chi connectivity index (χ4v) is 5.62. The number of Topliss-reactive ketones (excluding diaryl/α,β-unsaturated/α-hetero) is 1. The number of furan rings is 1. The van der Waals surface area contributed by atoms with E-state index < -0.39 is 11.9 Å². The highest BCUT2D eigenvalue weighted by Gasteiger charge is 2.30. The third kappa shape index (κ3) is 7.21. The molecule has 9 heteroatoms. The van der Waals surface area contributed by atoms with Crippen molar-refractivity contribution in [2.24, 2.45) is 5.92 Å². The number of aromatic nitrogens is 1. The summed E-state index contributed by atoms with van der Waals surface area (Å²) in [5, 5.41) is 15.6. The first-order valence-electron chi connectivity index (χ1n) is 13.7. The van der Waals surface area contributed by atoms with E-state index in [-0.39, 0.29) is 17.7 Å². The van der Waals surface area contributed by atoms with Gasteiger partial charge in [-0.2, -0.15) is 0 Å². The smallest absolute Gasteiger partial charge is 0.414 e. The Morgan fingerprint density at radius 2 is 1.88 bits per heavy atom. The topological polar surface area (TPSA) is 121 Å². The molecule has 0 bridgehead atoms. The molecule has 1 aromatic carbocycles. The minimum Gasteiger partial charge on any atom is -0.473 e. The lowest BCUT2D eigenvalue weighted by molar-refractivity contribution is -0.159. The molecule has 40 heavy (non-hydrogen) atoms. The van der Waals surface area contributed by atoms with Crippen LogP contribution in [0.25, 0.3) is 16.5 Å². The predicted octanol–water partition coefficient (Wildman–Crippen LogP) is 5.84. The van der Waals surface area contributed by atoms with E-state index in [9.17, 15) is 9.18 Å². The molecular formula is C31H35FN2O6. The molecule has 2 N–H and O–H groups in total. The summed E-state index contributed by atoms with van der Waals surface area (Å²) >= 11 is 0. The maximum absolute atomic E-state index is 14.3. The van der Waals surface area contributed by atoms with E-state index in [0.29, 0.717) is 5.78 Å². The Hall–Kier alpha value is -3.85. The van der Waals surface area contributed by atoms with Crippen molar-refractivity contribution in [2.75, 3.05) is 19.6 Å². The Labute approximate surface area is 232 Å². The molecule has 0 amide bonds. The van der Waals surface area contributed by atoms with Crippen molar-refractivity contribution in [3.8, 4) is 0 Å². The Balaban J connectivity index is 0.000000557. The van der Waals surface area contributed by atoms with Gasteiger partial charge in [-0.25, -0.2) is 14.0 Å². The molecule has 3 aromatic rings. The third-order valence-corrected chi connectivity index (χ3v) is 7.78. The fraction of sp³-hybridized carbons (Fsp3) is 0.419. The highest BCUT2D eigenvalue weighted by atomic mass is 19.1. The van der Waals surface area contributed by atoms with Crippen LogP contribution in [0.2, 0.25) is 0 Å². The fourth-order valence-electron chi connectivity index (χ4n) is 5.62. The molecule has 8 nitrogen and oxygen atoms in total. The number of benzene rings is 1. The van der Waals surface area contributed by atoms with Gasteiger partial charge >= 0.3 is 11.9 Å². The summed E-state index contributed by atoms with van der Waals surface area (Å²) < 4.78 is 20.0. The quantitative estimate of drug-likeness (QED) is 0.352. The second kappa shape index (κ2) is 13.5. The average Bonchev–Trinajstić information content (AvgIpc) is 3.34. The minimum absolute atomic E-state index is 0.136. The average molecular weight is 551 g/mol. The molecule has 3 heterocycles. The molecule has 1 unspecified atom stereocenters. The van der Waals surface area contributed by atoms with Crippen molar-refractivity contribution in [3.05, 3.63) is 71.5 Å². The zero-order valence-corrected chi connectivity index (χ0v) is 22.6. The number of hydrogen-bond donors (Lipinski definition) is 2. The molecule has 0 saturated heterocycles. The van der Waals surface area contributed by atoms with E-state index in [0.717, 1.165) is 91.5 Å². The third-order valence-electron chi connectivity index (χ3n) is 7.78. The van der Waals surface area contributed by atoms with Gasteiger partial charge in [0.2, 0.25) is 0 Å². The van der Waals surface area contributed by atoms with Crippen LogP contribution in [0.4, 0.5) is 4.39 Å². The van der Waals surface area contributed by atoms with Gasteiger partial charge < -0.3 is 14.6 Å². The van der Waals surface area contributed by atoms with Crippen molar-refractivity contribution < 1.29 is 33.4 Å². The number of carbonyl (C=O) groups excluding carboxylic acids is 1. The molecule has 1 atom stereocenters. The van der Waals surface area contributed by atoms with Crippen LogP contribution >= 0.6 is 0 Å². The molecule has 5 rings (SSSR count). The summed E-state index contributed by atoms with van der Waals surface area (Å²) in [6.07, 6.45) is 12.9. The molecule has 1 aliphatic heterocycles. The van der Waals surface area contributed by atoms with Crippen LogP contribution < -0.4 is 0 Å². The SMILES string of the molecule is Cc1coc2c(C3=CCN(CCC(C(=O)C4CCCCC4)c4ccccn4)CC3)cc(F)cc12.O=C(O)C(=O)O. The Morgan fingerprint density at radius 1 is 1.12 bits per heavy atom. The number of nitrogens with zero attached hydrogens (tertiary/aromatic N) is 2. The second-order valence-electron chi connectivity index (χ2n) is 10.5. The number of carboxylic acids is 2. The summed E-state index contributed by atoms with van der Waals surface area (Å²) in [6.45, 7) is 4.47. The van der Waals surface area contributed by atoms with Gasteiger partial charge in [0, 0.05) is 36.2 Å². The van der Waals surface area contributed by atoms with E-state index >= 15 is 0 Å². The first kappa shape index (κ1) is 29.1. The van der Waals surface area contributed by atoms with Crippen LogP contribution in [-0.4, -0.2) is 57.5 Å². The summed E-state index contributed by atoms with van der Waals surface area (Å²) in [6, 6.07) is 9.03. The van der Waals surface area contributed by atoms with E-state index in [4.69, 9.17) is 24.2 Å². The molecular weight excluding hydrogens is 515 g/mol. The van der Waals surface area contributed by atoms with Crippen molar-refractivity contribution >= 4 is 34.3 Å². The number of aryl methyl sites for hydroxylation is 1. The highest BCUT2D eigenvalue weighted by Crippen LogP contribution is 2.34. The zero-order valence-electron chi connectivity index (χ0n) is 22.6. The van der Waals surface area contributed by atoms with Crippen LogP contribution in [0.1, 0.15) is 67.7 Å². The zero-order chi connectivity index (χ0) is 28.6. The maximum Gasteiger partial charge on any atom is 0.414 e. The number of aliphatic carboxylic acids is 2. The largest absolute Gasteiger partial charge is 0.473 e. The Kier molecular flexibility index (Phi) is 9.82. The van der Waals surface area contributed by atoms with Crippen LogP contribution in [0, 0.1) is 18.7 Å². The lowest BCUT2D eigenvalue weighted by Gasteiger charge is -2.29. The standard InChI is InChI=1S/C29H33FN2O2.C2H2O4/c1-20-19-34-29-25(20)17-23(30)18-26(29)21-10-14-32(15-11-21)16-12-24(27-9-5-6-13-31-27)28(33)22-7-3-2-4-8-22;3-1(4)2(5)6/h5-6,9-10,13,17-19,22,24H,2-4,7-8,11-12,14-16H2,1H3;(H,3,4)(H,5,6). The summed E-state index contributed by atoms with van der Waals surface area (Å²) in [4.78, 5) is 38.6. The van der Waals surface area contributed by atoms with Crippen molar-refractivity contribution in [1.29, 1.82) is 0 Å². The molecule has 0 radical (unpaired) electrons. The van der Waals surface area contributed by atoms with Crippen molar-refractivity contribution in [2.45, 2.75) is 57.8 Å². The van der Waals surface area contributed by atoms with E-state index in [1.165, 1.54) is 6.42 Å². The molecule has 2 aromatic heterocycles. The number of fused-ring (bicyclic) bond motifs is 1. The maximum atomic E-state index is 14.3. The Bertz CT molecular complexity index is 1370. The molecule has 212 valence electrons. The number of pyridine rings is 1. The van der Waals surface area contributed by atoms with E-state index in [2.05, 4.69) is 16.0 Å². The van der Waals surface area contributed by atoms with Crippen molar-refractivity contribution in [1.82, 2.24) is 9.88 Å². The number of carboxylic acid groups (broad SMARTS) is 2. The van der Waals surface area contributed by atoms with E-state index in [1.54, 1.807) is 24.6 Å². The van der Waals surface area contributed by atoms with Gasteiger partial charge in [-0.05, 0) is 74.6 Å². The second-order valence-corrected chi connectivity index (χ2v) is 10.5. The summed E-state index contributed by atoms with van der Waals surface area (Å²) in [5.41, 5.74) is 4.63. The molecule has 1 fully saturated rings. The molecule has 1 saturated carbocycles. The molecule has 2 aliphatic rings. The number of ketones is 1. The monoisotopic (exact) mass is 550 g/mol. The lowest BCUT2D eigenvalue weighted by Crippen LogP contribution is -2.33. The van der Waals surface area contributed by atoms with Gasteiger partial charge in [-0.3, -0.25) is 14.7 Å². The van der Waals surface area contributed by atoms with Crippen LogP contribution in [-0.2, 0) is 14.4 Å². The minimum atomic E-state index is -1.82. The molecule has 1 aliphatic carbocycles. The number of halogens is 1. The first-order chi connectivity index (χ1) is 19.2. The lowest BCUT2D eigenvalue weighted by atomic mass is 9.79. The van der Waals surface area contributed by atoms with Gasteiger partial charge in [0.05, 0.1) is 17.9 Å². The summed E-state index contributed by atoms with van der Waals surface area (Å²) in [5.74, 6) is -3.45. The van der Waals surface area contributed by atoms with Gasteiger partial charge in [0.15, 0.2) is 0 Å². The van der Waals surface area contributed by atoms with Gasteiger partial charge in [-0.15, -0.1) is 0 Å². The summed E-state index contributed by atoms with van der Waals surface area (Å²) in [7, 11) is 0. The predicted molar refractivity (Wildman–Crippen MR) is 148 cm³/mol. The van der Waals surface area contributed by atoms with Crippen LogP contribution in [0.5, 0.6) is 0 Å². The molecule has 0 spiro atoms. The van der Waals surface area contributed by atoms with E-state index in [1.807, 2.05) is 25.1 Å². The van der Waals surface area contributed by atoms with Gasteiger partial charge in [0.1, 0.15) is 17.2 Å². The van der Waals surface area contributed by atoms with Crippen LogP contribution in [0.15, 0.2) is 53.3 Å². The number of hydrogen-bond acceptors (Lipinski definition) is 6. The number of carbonyl (C=O) groups is 3. The number of rotatable bonds is 7. The van der Waals surface area contributed by atoms with Crippen LogP contribution in [0.3, 0.4) is 0 Å².